The van der Waals surface area contributed by atoms with Gasteiger partial charge in [-0.15, -0.1) is 11.6 Å². The average molecular weight is 309 g/mol. The smallest absolute Gasteiger partial charge is 0.368 e. The molecule has 1 aliphatic rings. The molecule has 1 rings (SSSR count). The normalized spacial score (nSPS) is 28.3. The van der Waals surface area contributed by atoms with Gasteiger partial charge in [-0.1, -0.05) is 13.3 Å². The summed E-state index contributed by atoms with van der Waals surface area (Å²) in [5.74, 6) is 0.366. The first-order chi connectivity index (χ1) is 9.15. The fourth-order valence-electron chi connectivity index (χ4n) is 3.15. The first kappa shape index (κ1) is 17.4. The highest BCUT2D eigenvalue weighted by molar-refractivity contribution is 6.69. The van der Waals surface area contributed by atoms with Gasteiger partial charge in [-0.05, 0) is 39.7 Å². The molecule has 3 unspecified atom stereocenters. The van der Waals surface area contributed by atoms with Crippen LogP contribution in [0.5, 0.6) is 0 Å². The van der Waals surface area contributed by atoms with Crippen molar-refractivity contribution >= 4 is 20.2 Å². The Hall–Kier alpha value is 0.387. The highest BCUT2D eigenvalue weighted by Crippen LogP contribution is 2.39. The summed E-state index contributed by atoms with van der Waals surface area (Å²) in [5.41, 5.74) is 0.0774. The molecule has 1 fully saturated rings. The molecule has 5 heteroatoms. The van der Waals surface area contributed by atoms with Gasteiger partial charge in [0.25, 0.3) is 0 Å². The van der Waals surface area contributed by atoms with E-state index < -0.39 is 8.56 Å². The molecule has 0 spiro atoms. The van der Waals surface area contributed by atoms with Crippen LogP contribution in [0.2, 0.25) is 6.04 Å². The van der Waals surface area contributed by atoms with Crippen molar-refractivity contribution in [1.29, 1.82) is 0 Å². The molecule has 1 heterocycles. The summed E-state index contributed by atoms with van der Waals surface area (Å²) in [6.45, 7) is 10.3. The standard InChI is InChI=1S/C14H29ClO3Si/c1-5-13(15)12-10-9-11-19(17-7-3,18-8-4)14(12)16-6-2/h12-14H,5-11H2,1-4H3. The van der Waals surface area contributed by atoms with E-state index in [1.165, 1.54) is 0 Å². The topological polar surface area (TPSA) is 27.7 Å². The van der Waals surface area contributed by atoms with E-state index in [9.17, 15) is 0 Å². The lowest BCUT2D eigenvalue weighted by Crippen LogP contribution is -2.61. The summed E-state index contributed by atoms with van der Waals surface area (Å²) in [6, 6.07) is 1.03. The number of hydrogen-bond acceptors (Lipinski definition) is 3. The number of rotatable bonds is 8. The van der Waals surface area contributed by atoms with Crippen LogP contribution in [-0.4, -0.2) is 39.5 Å². The van der Waals surface area contributed by atoms with Gasteiger partial charge in [0.1, 0.15) is 5.73 Å². The molecule has 1 aliphatic heterocycles. The number of ether oxygens (including phenoxy) is 1. The van der Waals surface area contributed by atoms with Gasteiger partial charge in [0.15, 0.2) is 0 Å². The molecule has 0 aromatic rings. The molecule has 0 aliphatic carbocycles. The Morgan fingerprint density at radius 3 is 2.21 bits per heavy atom. The summed E-state index contributed by atoms with van der Waals surface area (Å²) < 4.78 is 18.3. The lowest BCUT2D eigenvalue weighted by Gasteiger charge is -2.45. The fraction of sp³-hybridized carbons (Fsp3) is 1.00. The molecule has 3 atom stereocenters. The van der Waals surface area contributed by atoms with E-state index in [4.69, 9.17) is 25.2 Å². The van der Waals surface area contributed by atoms with Gasteiger partial charge in [0.05, 0.1) is 0 Å². The van der Waals surface area contributed by atoms with Crippen molar-refractivity contribution in [1.82, 2.24) is 0 Å². The molecular formula is C14H29ClO3Si. The predicted molar refractivity (Wildman–Crippen MR) is 81.9 cm³/mol. The highest BCUT2D eigenvalue weighted by atomic mass is 35.5. The largest absolute Gasteiger partial charge is 0.393 e. The molecule has 0 radical (unpaired) electrons. The van der Waals surface area contributed by atoms with E-state index in [2.05, 4.69) is 6.92 Å². The Labute approximate surface area is 124 Å². The molecule has 3 nitrogen and oxygen atoms in total. The molecular weight excluding hydrogens is 280 g/mol. The van der Waals surface area contributed by atoms with Gasteiger partial charge in [0.2, 0.25) is 0 Å². The molecule has 0 bridgehead atoms. The monoisotopic (exact) mass is 308 g/mol. The van der Waals surface area contributed by atoms with Crippen molar-refractivity contribution in [2.45, 2.75) is 64.1 Å². The van der Waals surface area contributed by atoms with E-state index in [0.29, 0.717) is 25.7 Å². The first-order valence-corrected chi connectivity index (χ1v) is 10.2. The molecule has 0 amide bonds. The van der Waals surface area contributed by atoms with E-state index in [-0.39, 0.29) is 11.1 Å². The van der Waals surface area contributed by atoms with E-state index in [1.54, 1.807) is 0 Å². The van der Waals surface area contributed by atoms with Crippen LogP contribution in [0.1, 0.15) is 47.0 Å². The van der Waals surface area contributed by atoms with Gasteiger partial charge in [-0.3, -0.25) is 0 Å². The summed E-state index contributed by atoms with van der Waals surface area (Å²) in [5, 5.41) is 0.157. The zero-order chi connectivity index (χ0) is 14.3. The van der Waals surface area contributed by atoms with Crippen LogP contribution in [0, 0.1) is 5.92 Å². The molecule has 0 N–H and O–H groups in total. The van der Waals surface area contributed by atoms with Crippen molar-refractivity contribution in [2.24, 2.45) is 5.92 Å². The van der Waals surface area contributed by atoms with Crippen molar-refractivity contribution in [3.63, 3.8) is 0 Å². The Morgan fingerprint density at radius 2 is 1.74 bits per heavy atom. The third-order valence-corrected chi connectivity index (χ3v) is 8.56. The Kier molecular flexibility index (Phi) is 7.92. The molecule has 1 saturated heterocycles. The van der Waals surface area contributed by atoms with E-state index in [0.717, 1.165) is 25.3 Å². The van der Waals surface area contributed by atoms with Crippen LogP contribution in [0.25, 0.3) is 0 Å². The van der Waals surface area contributed by atoms with Crippen molar-refractivity contribution in [3.05, 3.63) is 0 Å². The molecule has 19 heavy (non-hydrogen) atoms. The third kappa shape index (κ3) is 4.18. The van der Waals surface area contributed by atoms with Gasteiger partial charge < -0.3 is 13.6 Å². The summed E-state index contributed by atoms with van der Waals surface area (Å²) in [6.07, 6.45) is 3.24. The summed E-state index contributed by atoms with van der Waals surface area (Å²) >= 11 is 6.53. The quantitative estimate of drug-likeness (QED) is 0.503. The average Bonchev–Trinajstić information content (AvgIpc) is 2.41. The van der Waals surface area contributed by atoms with Crippen LogP contribution in [0.3, 0.4) is 0 Å². The Bertz CT molecular complexity index is 241. The van der Waals surface area contributed by atoms with Gasteiger partial charge >= 0.3 is 8.56 Å². The maximum atomic E-state index is 6.53. The van der Waals surface area contributed by atoms with Crippen molar-refractivity contribution in [2.75, 3.05) is 19.8 Å². The molecule has 0 aromatic heterocycles. The van der Waals surface area contributed by atoms with E-state index in [1.807, 2.05) is 20.8 Å². The SMILES string of the molecule is CCOC1C(C(Cl)CC)CCC[Si]1(OCC)OCC. The molecule has 114 valence electrons. The lowest BCUT2D eigenvalue weighted by molar-refractivity contribution is 0.00700. The van der Waals surface area contributed by atoms with Crippen LogP contribution >= 0.6 is 11.6 Å². The minimum absolute atomic E-state index is 0.0774. The fourth-order valence-corrected chi connectivity index (χ4v) is 7.66. The third-order valence-electron chi connectivity index (χ3n) is 3.86. The predicted octanol–water partition coefficient (Wildman–Crippen LogP) is 3.87. The number of hydrogen-bond donors (Lipinski definition) is 0. The summed E-state index contributed by atoms with van der Waals surface area (Å²) in [7, 11) is -2.28. The lowest BCUT2D eigenvalue weighted by atomic mass is 9.98. The van der Waals surface area contributed by atoms with Gasteiger partial charge in [-0.2, -0.15) is 0 Å². The minimum Gasteiger partial charge on any atom is -0.393 e. The van der Waals surface area contributed by atoms with Crippen LogP contribution in [0.15, 0.2) is 0 Å². The Balaban J connectivity index is 2.96. The first-order valence-electron chi connectivity index (χ1n) is 7.68. The Morgan fingerprint density at radius 1 is 1.11 bits per heavy atom. The molecule has 0 saturated carbocycles. The second-order valence-electron chi connectivity index (χ2n) is 5.03. The maximum Gasteiger partial charge on any atom is 0.368 e. The van der Waals surface area contributed by atoms with Gasteiger partial charge in [0, 0.05) is 31.1 Å². The second kappa shape index (κ2) is 8.62. The zero-order valence-corrected chi connectivity index (χ0v) is 14.5. The number of halogens is 1. The van der Waals surface area contributed by atoms with Crippen molar-refractivity contribution in [3.8, 4) is 0 Å². The number of alkyl halides is 1. The highest BCUT2D eigenvalue weighted by Gasteiger charge is 2.53. The van der Waals surface area contributed by atoms with E-state index >= 15 is 0 Å². The van der Waals surface area contributed by atoms with Crippen LogP contribution < -0.4 is 0 Å². The van der Waals surface area contributed by atoms with Crippen LogP contribution in [0.4, 0.5) is 0 Å². The molecule has 0 aromatic carbocycles. The zero-order valence-electron chi connectivity index (χ0n) is 12.8. The van der Waals surface area contributed by atoms with Crippen LogP contribution in [-0.2, 0) is 13.6 Å². The van der Waals surface area contributed by atoms with Gasteiger partial charge in [-0.25, -0.2) is 0 Å². The summed E-state index contributed by atoms with van der Waals surface area (Å²) in [4.78, 5) is 0. The minimum atomic E-state index is -2.28. The second-order valence-corrected chi connectivity index (χ2v) is 8.86. The maximum absolute atomic E-state index is 6.53. The van der Waals surface area contributed by atoms with Crippen molar-refractivity contribution < 1.29 is 13.6 Å².